The first kappa shape index (κ1) is 22.0. The van der Waals surface area contributed by atoms with Gasteiger partial charge in [-0.1, -0.05) is 0 Å². The van der Waals surface area contributed by atoms with E-state index >= 15 is 0 Å². The molecule has 2 aromatic heterocycles. The van der Waals surface area contributed by atoms with Crippen LogP contribution in [0.5, 0.6) is 0 Å². The Bertz CT molecular complexity index is 1160. The first-order valence-corrected chi connectivity index (χ1v) is 10.6. The average Bonchev–Trinajstić information content (AvgIpc) is 2.98. The summed E-state index contributed by atoms with van der Waals surface area (Å²) in [4.78, 5) is 4.42. The van der Waals surface area contributed by atoms with Gasteiger partial charge in [0.1, 0.15) is 11.6 Å². The highest BCUT2D eigenvalue weighted by Gasteiger charge is 2.12. The van der Waals surface area contributed by atoms with E-state index in [4.69, 9.17) is 4.74 Å². The van der Waals surface area contributed by atoms with E-state index in [1.165, 1.54) is 9.13 Å². The lowest BCUT2D eigenvalue weighted by atomic mass is 10.1. The van der Waals surface area contributed by atoms with Gasteiger partial charge in [-0.2, -0.15) is 10.4 Å². The number of aryl methyl sites for hydroxylation is 3. The van der Waals surface area contributed by atoms with E-state index in [0.29, 0.717) is 18.0 Å². The van der Waals surface area contributed by atoms with Gasteiger partial charge in [0.05, 0.1) is 12.8 Å². The van der Waals surface area contributed by atoms with Crippen LogP contribution >= 0.6 is 22.6 Å². The number of hydrogen-bond donors (Lipinski definition) is 1. The summed E-state index contributed by atoms with van der Waals surface area (Å²) in [7, 11) is 1.60. The summed E-state index contributed by atoms with van der Waals surface area (Å²) in [5, 5.41) is 13.9. The maximum absolute atomic E-state index is 9.54. The van der Waals surface area contributed by atoms with Crippen LogP contribution in [0.2, 0.25) is 0 Å². The van der Waals surface area contributed by atoms with E-state index < -0.39 is 0 Å². The summed E-state index contributed by atoms with van der Waals surface area (Å²) in [5.41, 5.74) is 10.6. The first-order valence-electron chi connectivity index (χ1n) is 9.49. The average molecular weight is 513 g/mol. The van der Waals surface area contributed by atoms with E-state index in [1.807, 2.05) is 13.0 Å². The van der Waals surface area contributed by atoms with E-state index in [0.717, 1.165) is 33.9 Å². The number of benzene rings is 1. The van der Waals surface area contributed by atoms with E-state index in [1.54, 1.807) is 13.3 Å². The Balaban J connectivity index is 1.90. The Labute approximate surface area is 190 Å². The summed E-state index contributed by atoms with van der Waals surface area (Å²) >= 11 is 2.35. The number of rotatable bonds is 6. The molecule has 0 bridgehead atoms. The minimum absolute atomic E-state index is 0.348. The highest BCUT2D eigenvalue weighted by molar-refractivity contribution is 14.1. The lowest BCUT2D eigenvalue weighted by molar-refractivity contribution is 0.184. The maximum Gasteiger partial charge on any atom is 0.164 e. The van der Waals surface area contributed by atoms with Crippen LogP contribution in [0.25, 0.3) is 5.69 Å². The molecule has 0 spiro atoms. The molecule has 2 heterocycles. The molecule has 0 fully saturated rings. The molecule has 0 saturated carbocycles. The van der Waals surface area contributed by atoms with Gasteiger partial charge in [0.25, 0.3) is 0 Å². The summed E-state index contributed by atoms with van der Waals surface area (Å²) in [5.74, 6) is 0.433. The zero-order valence-corrected chi connectivity index (χ0v) is 19.9. The summed E-state index contributed by atoms with van der Waals surface area (Å²) in [6, 6.07) is 12.6. The van der Waals surface area contributed by atoms with Crippen molar-refractivity contribution >= 4 is 34.6 Å². The summed E-state index contributed by atoms with van der Waals surface area (Å²) < 4.78 is 8.66. The second-order valence-electron chi connectivity index (χ2n) is 7.16. The summed E-state index contributed by atoms with van der Waals surface area (Å²) in [6.07, 6.45) is 1.76. The molecule has 0 aliphatic heterocycles. The fraction of sp³-hybridized carbons (Fsp3) is 0.261. The minimum atomic E-state index is 0.348. The van der Waals surface area contributed by atoms with Crippen LogP contribution in [0.15, 0.2) is 35.4 Å². The fourth-order valence-electron chi connectivity index (χ4n) is 3.46. The van der Waals surface area contributed by atoms with Crippen molar-refractivity contribution in [3.05, 3.63) is 73.2 Å². The highest BCUT2D eigenvalue weighted by Crippen LogP contribution is 2.23. The monoisotopic (exact) mass is 513 g/mol. The molecule has 0 unspecified atom stereocenters. The Hall–Kier alpha value is -2.70. The number of hydrogen-bond acceptors (Lipinski definition) is 5. The van der Waals surface area contributed by atoms with Gasteiger partial charge in [0, 0.05) is 44.6 Å². The zero-order chi connectivity index (χ0) is 21.8. The Morgan fingerprint density at radius 2 is 2.00 bits per heavy atom. The second kappa shape index (κ2) is 9.41. The van der Waals surface area contributed by atoms with Crippen molar-refractivity contribution in [1.82, 2.24) is 9.55 Å². The van der Waals surface area contributed by atoms with Crippen LogP contribution in [-0.2, 0) is 11.3 Å². The van der Waals surface area contributed by atoms with Crippen molar-refractivity contribution in [2.45, 2.75) is 34.3 Å². The Kier molecular flexibility index (Phi) is 6.90. The molecular formula is C23H24IN5O. The van der Waals surface area contributed by atoms with Gasteiger partial charge in [-0.3, -0.25) is 5.43 Å². The first-order chi connectivity index (χ1) is 14.3. The molecule has 0 aliphatic rings. The molecule has 0 atom stereocenters. The predicted octanol–water partition coefficient (Wildman–Crippen LogP) is 5.17. The SMILES string of the molecule is COCc1cc(C)nc(N/N=C\c2cc(C)n(-c3ccc(I)c(C)c3)c2C)c1C#N. The van der Waals surface area contributed by atoms with Crippen LogP contribution in [0.1, 0.15) is 39.3 Å². The van der Waals surface area contributed by atoms with Crippen molar-refractivity contribution in [2.75, 3.05) is 12.5 Å². The molecule has 1 N–H and O–H groups in total. The topological polar surface area (TPSA) is 75.2 Å². The van der Waals surface area contributed by atoms with Gasteiger partial charge >= 0.3 is 0 Å². The largest absolute Gasteiger partial charge is 0.380 e. The van der Waals surface area contributed by atoms with Gasteiger partial charge in [-0.25, -0.2) is 4.98 Å². The Morgan fingerprint density at radius 3 is 2.67 bits per heavy atom. The Morgan fingerprint density at radius 1 is 1.23 bits per heavy atom. The van der Waals surface area contributed by atoms with Crippen molar-refractivity contribution < 1.29 is 4.74 Å². The third-order valence-corrected chi connectivity index (χ3v) is 6.10. The highest BCUT2D eigenvalue weighted by atomic mass is 127. The molecule has 3 rings (SSSR count). The van der Waals surface area contributed by atoms with Crippen LogP contribution in [-0.4, -0.2) is 22.9 Å². The lowest BCUT2D eigenvalue weighted by Gasteiger charge is -2.11. The number of aromatic nitrogens is 2. The molecule has 0 radical (unpaired) electrons. The van der Waals surface area contributed by atoms with Gasteiger partial charge in [0.15, 0.2) is 5.82 Å². The fourth-order valence-corrected chi connectivity index (χ4v) is 3.80. The number of methoxy groups -OCH3 is 1. The van der Waals surface area contributed by atoms with Crippen molar-refractivity contribution in [3.8, 4) is 11.8 Å². The number of nitriles is 1. The molecule has 0 saturated heterocycles. The molecular weight excluding hydrogens is 489 g/mol. The molecule has 3 aromatic rings. The van der Waals surface area contributed by atoms with Crippen molar-refractivity contribution in [2.24, 2.45) is 5.10 Å². The number of halogens is 1. The normalized spacial score (nSPS) is 11.1. The predicted molar refractivity (Wildman–Crippen MR) is 128 cm³/mol. The van der Waals surface area contributed by atoms with Crippen LogP contribution in [0, 0.1) is 42.6 Å². The molecule has 0 aliphatic carbocycles. The standard InChI is InChI=1S/C23H24IN5O/c1-14-8-20(6-7-22(14)24)29-16(3)10-18(17(29)4)12-26-28-23-21(11-25)19(13-30-5)9-15(2)27-23/h6-10,12H,13H2,1-5H3,(H,27,28)/b26-12-. The third-order valence-electron chi connectivity index (χ3n) is 4.88. The van der Waals surface area contributed by atoms with E-state index in [-0.39, 0.29) is 0 Å². The number of hydrazone groups is 1. The van der Waals surface area contributed by atoms with Gasteiger partial charge in [0.2, 0.25) is 0 Å². The van der Waals surface area contributed by atoms with Crippen molar-refractivity contribution in [3.63, 3.8) is 0 Å². The molecule has 6 nitrogen and oxygen atoms in total. The number of nitrogens with one attached hydrogen (secondary N) is 1. The van der Waals surface area contributed by atoms with Crippen LogP contribution in [0.3, 0.4) is 0 Å². The molecule has 7 heteroatoms. The number of nitrogens with zero attached hydrogens (tertiary/aromatic N) is 4. The number of pyridine rings is 1. The maximum atomic E-state index is 9.54. The zero-order valence-electron chi connectivity index (χ0n) is 17.7. The van der Waals surface area contributed by atoms with Gasteiger partial charge in [-0.05, 0) is 86.2 Å². The van der Waals surface area contributed by atoms with Crippen molar-refractivity contribution in [1.29, 1.82) is 5.26 Å². The molecule has 0 amide bonds. The van der Waals surface area contributed by atoms with E-state index in [9.17, 15) is 5.26 Å². The van der Waals surface area contributed by atoms with Crippen LogP contribution < -0.4 is 5.43 Å². The van der Waals surface area contributed by atoms with Gasteiger partial charge < -0.3 is 9.30 Å². The van der Waals surface area contributed by atoms with Gasteiger partial charge in [-0.15, -0.1) is 0 Å². The molecule has 1 aromatic carbocycles. The summed E-state index contributed by atoms with van der Waals surface area (Å²) in [6.45, 7) is 8.50. The number of ether oxygens (including phenoxy) is 1. The van der Waals surface area contributed by atoms with E-state index in [2.05, 4.69) is 93.8 Å². The molecule has 154 valence electrons. The molecule has 30 heavy (non-hydrogen) atoms. The minimum Gasteiger partial charge on any atom is -0.380 e. The smallest absolute Gasteiger partial charge is 0.164 e. The third kappa shape index (κ3) is 4.55. The quantitative estimate of drug-likeness (QED) is 0.280. The lowest BCUT2D eigenvalue weighted by Crippen LogP contribution is -2.04. The van der Waals surface area contributed by atoms with Crippen LogP contribution in [0.4, 0.5) is 5.82 Å². The number of anilines is 1. The second-order valence-corrected chi connectivity index (χ2v) is 8.32.